The Kier molecular flexibility index (Phi) is 5.39. The molecule has 3 atom stereocenters. The number of thiophene rings is 1. The van der Waals surface area contributed by atoms with Gasteiger partial charge in [0.05, 0.1) is 16.5 Å². The molecule has 0 saturated carbocycles. The number of halogens is 6. The predicted octanol–water partition coefficient (Wildman–Crippen LogP) is 4.04. The molecule has 2 aromatic rings. The van der Waals surface area contributed by atoms with Crippen LogP contribution in [0, 0.1) is 5.92 Å². The van der Waals surface area contributed by atoms with Gasteiger partial charge in [-0.15, -0.1) is 11.3 Å². The molecule has 1 aliphatic heterocycles. The van der Waals surface area contributed by atoms with E-state index in [-0.39, 0.29) is 10.4 Å². The third-order valence-corrected chi connectivity index (χ3v) is 5.55. The molecule has 1 aliphatic rings. The molecule has 1 aromatic heterocycles. The highest BCUT2D eigenvalue weighted by Gasteiger charge is 2.65. The molecule has 3 rings (SSSR count). The highest BCUT2D eigenvalue weighted by atomic mass is 32.1. The van der Waals surface area contributed by atoms with Crippen molar-refractivity contribution in [1.29, 1.82) is 0 Å². The van der Waals surface area contributed by atoms with Gasteiger partial charge in [0.25, 0.3) is 0 Å². The molecule has 12 heteroatoms. The van der Waals surface area contributed by atoms with Crippen LogP contribution in [0.25, 0.3) is 0 Å². The number of carbonyl (C=O) groups excluding carboxylic acids is 1. The quantitative estimate of drug-likeness (QED) is 0.371. The van der Waals surface area contributed by atoms with E-state index in [1.54, 1.807) is 5.32 Å². The summed E-state index contributed by atoms with van der Waals surface area (Å²) in [6, 6.07) is 4.47. The lowest BCUT2D eigenvalue weighted by Crippen LogP contribution is -2.72. The number of hydrogen-bond acceptors (Lipinski definition) is 4. The standard InChI is InChI=1S/C17H12F6N2O2S2/c18-16(19,20)9-5-3-8(4-6-9)12-11(13(26)10-2-1-7-29-10)15(27,17(21,22)23)25-14(28)24-12/h1-7,11-12,27H,(H2,24,25,28). The molecule has 3 N–H and O–H groups in total. The summed E-state index contributed by atoms with van der Waals surface area (Å²) in [5.41, 5.74) is -4.80. The minimum absolute atomic E-state index is 0.0500. The molecule has 156 valence electrons. The number of benzene rings is 1. The molecule has 0 amide bonds. The van der Waals surface area contributed by atoms with E-state index in [4.69, 9.17) is 12.2 Å². The van der Waals surface area contributed by atoms with E-state index in [0.29, 0.717) is 12.1 Å². The van der Waals surface area contributed by atoms with E-state index in [1.165, 1.54) is 17.5 Å². The van der Waals surface area contributed by atoms with Crippen molar-refractivity contribution in [3.05, 3.63) is 57.8 Å². The Morgan fingerprint density at radius 2 is 1.72 bits per heavy atom. The van der Waals surface area contributed by atoms with E-state index < -0.39 is 46.5 Å². The number of hydrogen-bond donors (Lipinski definition) is 3. The van der Waals surface area contributed by atoms with Crippen molar-refractivity contribution in [2.24, 2.45) is 5.92 Å². The Hall–Kier alpha value is -2.18. The maximum atomic E-state index is 13.8. The molecule has 29 heavy (non-hydrogen) atoms. The maximum Gasteiger partial charge on any atom is 0.437 e. The Morgan fingerprint density at radius 1 is 1.10 bits per heavy atom. The van der Waals surface area contributed by atoms with Crippen molar-refractivity contribution in [2.75, 3.05) is 0 Å². The number of alkyl halides is 6. The van der Waals surface area contributed by atoms with Crippen LogP contribution in [0.3, 0.4) is 0 Å². The lowest BCUT2D eigenvalue weighted by atomic mass is 9.78. The van der Waals surface area contributed by atoms with Crippen LogP contribution < -0.4 is 10.6 Å². The first-order chi connectivity index (χ1) is 13.3. The van der Waals surface area contributed by atoms with Crippen LogP contribution >= 0.6 is 23.6 Å². The molecule has 1 aromatic carbocycles. The molecule has 1 saturated heterocycles. The fourth-order valence-electron chi connectivity index (χ4n) is 3.07. The van der Waals surface area contributed by atoms with Gasteiger partial charge < -0.3 is 15.7 Å². The Labute approximate surface area is 169 Å². The highest BCUT2D eigenvalue weighted by molar-refractivity contribution is 7.80. The van der Waals surface area contributed by atoms with Crippen molar-refractivity contribution in [1.82, 2.24) is 10.6 Å². The van der Waals surface area contributed by atoms with E-state index in [1.807, 2.05) is 0 Å². The summed E-state index contributed by atoms with van der Waals surface area (Å²) in [5, 5.41) is 15.5. The summed E-state index contributed by atoms with van der Waals surface area (Å²) in [4.78, 5) is 12.8. The van der Waals surface area contributed by atoms with Crippen molar-refractivity contribution in [2.45, 2.75) is 24.1 Å². The summed E-state index contributed by atoms with van der Waals surface area (Å²) in [5.74, 6) is -3.18. The minimum Gasteiger partial charge on any atom is -0.363 e. The van der Waals surface area contributed by atoms with Gasteiger partial charge in [-0.3, -0.25) is 4.79 Å². The first kappa shape index (κ1) is 21.5. The second-order valence-electron chi connectivity index (χ2n) is 6.28. The van der Waals surface area contributed by atoms with Crippen molar-refractivity contribution in [3.8, 4) is 0 Å². The Bertz CT molecular complexity index is 911. The van der Waals surface area contributed by atoms with Gasteiger partial charge in [0, 0.05) is 0 Å². The van der Waals surface area contributed by atoms with Gasteiger partial charge in [-0.1, -0.05) is 18.2 Å². The number of carbonyl (C=O) groups is 1. The SMILES string of the molecule is O=C(c1cccs1)C1C(c2ccc(C(F)(F)F)cc2)NC(=S)NC1(O)C(F)(F)F. The van der Waals surface area contributed by atoms with E-state index in [0.717, 1.165) is 23.5 Å². The van der Waals surface area contributed by atoms with Crippen LogP contribution in [0.2, 0.25) is 0 Å². The van der Waals surface area contributed by atoms with Gasteiger partial charge in [-0.2, -0.15) is 26.3 Å². The van der Waals surface area contributed by atoms with Gasteiger partial charge in [0.1, 0.15) is 5.92 Å². The average Bonchev–Trinajstić information content (AvgIpc) is 3.13. The molecule has 1 fully saturated rings. The fraction of sp³-hybridized carbons (Fsp3) is 0.294. The molecular weight excluding hydrogens is 442 g/mol. The summed E-state index contributed by atoms with van der Waals surface area (Å²) >= 11 is 5.63. The van der Waals surface area contributed by atoms with Crippen molar-refractivity contribution >= 4 is 34.5 Å². The van der Waals surface area contributed by atoms with Crippen LogP contribution in [0.1, 0.15) is 26.8 Å². The maximum absolute atomic E-state index is 13.8. The first-order valence-corrected chi connectivity index (χ1v) is 9.26. The van der Waals surface area contributed by atoms with E-state index in [2.05, 4.69) is 5.32 Å². The number of Topliss-reactive ketones (excluding diaryl/α,β-unsaturated/α-hetero) is 1. The fourth-order valence-corrected chi connectivity index (χ4v) is 4.05. The summed E-state index contributed by atoms with van der Waals surface area (Å²) in [7, 11) is 0. The predicted molar refractivity (Wildman–Crippen MR) is 96.2 cm³/mol. The lowest BCUT2D eigenvalue weighted by Gasteiger charge is -2.46. The molecule has 4 nitrogen and oxygen atoms in total. The molecular formula is C17H12F6N2O2S2. The van der Waals surface area contributed by atoms with Gasteiger partial charge >= 0.3 is 12.4 Å². The number of thiocarbonyl (C=S) groups is 1. The summed E-state index contributed by atoms with van der Waals surface area (Å²) in [6.07, 6.45) is -9.95. The van der Waals surface area contributed by atoms with Crippen LogP contribution in [0.15, 0.2) is 41.8 Å². The summed E-state index contributed by atoms with van der Waals surface area (Å²) in [6.45, 7) is 0. The van der Waals surface area contributed by atoms with Crippen LogP contribution in [0.4, 0.5) is 26.3 Å². The number of ketones is 1. The van der Waals surface area contributed by atoms with E-state index in [9.17, 15) is 36.2 Å². The first-order valence-electron chi connectivity index (χ1n) is 7.97. The monoisotopic (exact) mass is 454 g/mol. The van der Waals surface area contributed by atoms with E-state index >= 15 is 0 Å². The molecule has 0 aliphatic carbocycles. The highest BCUT2D eigenvalue weighted by Crippen LogP contribution is 2.44. The van der Waals surface area contributed by atoms with Gasteiger partial charge in [-0.05, 0) is 41.4 Å². The zero-order valence-corrected chi connectivity index (χ0v) is 15.8. The minimum atomic E-state index is -5.30. The van der Waals surface area contributed by atoms with Crippen LogP contribution in [-0.4, -0.2) is 27.9 Å². The third-order valence-electron chi connectivity index (χ3n) is 4.45. The molecule has 0 spiro atoms. The molecule has 0 radical (unpaired) electrons. The van der Waals surface area contributed by atoms with Crippen LogP contribution in [-0.2, 0) is 6.18 Å². The molecule has 0 bridgehead atoms. The Balaban J connectivity index is 2.11. The van der Waals surface area contributed by atoms with Gasteiger partial charge in [0.2, 0.25) is 5.72 Å². The second kappa shape index (κ2) is 7.26. The zero-order valence-electron chi connectivity index (χ0n) is 14.1. The number of aliphatic hydroxyl groups is 1. The van der Waals surface area contributed by atoms with Gasteiger partial charge in [0.15, 0.2) is 10.9 Å². The topological polar surface area (TPSA) is 61.4 Å². The normalized spacial score (nSPS) is 25.3. The second-order valence-corrected chi connectivity index (χ2v) is 7.64. The third kappa shape index (κ3) is 3.96. The lowest BCUT2D eigenvalue weighted by molar-refractivity contribution is -0.285. The van der Waals surface area contributed by atoms with Gasteiger partial charge in [-0.25, -0.2) is 0 Å². The summed E-state index contributed by atoms with van der Waals surface area (Å²) < 4.78 is 79.7. The number of rotatable bonds is 3. The molecule has 2 heterocycles. The largest absolute Gasteiger partial charge is 0.437 e. The van der Waals surface area contributed by atoms with Crippen LogP contribution in [0.5, 0.6) is 0 Å². The zero-order chi connectivity index (χ0) is 21.6. The van der Waals surface area contributed by atoms with Crippen molar-refractivity contribution in [3.63, 3.8) is 0 Å². The van der Waals surface area contributed by atoms with Crippen molar-refractivity contribution < 1.29 is 36.2 Å². The Morgan fingerprint density at radius 3 is 2.21 bits per heavy atom. The smallest absolute Gasteiger partial charge is 0.363 e. The number of nitrogens with one attached hydrogen (secondary N) is 2. The average molecular weight is 454 g/mol. The molecule has 3 unspecified atom stereocenters.